The van der Waals surface area contributed by atoms with Crippen molar-refractivity contribution in [2.45, 2.75) is 12.8 Å². The van der Waals surface area contributed by atoms with Crippen molar-refractivity contribution in [2.24, 2.45) is 0 Å². The van der Waals surface area contributed by atoms with E-state index in [9.17, 15) is 14.9 Å². The van der Waals surface area contributed by atoms with E-state index in [2.05, 4.69) is 0 Å². The maximum atomic E-state index is 11.0. The molecule has 19 heavy (non-hydrogen) atoms. The highest BCUT2D eigenvalue weighted by atomic mass is 35.5. The molecule has 0 aromatic heterocycles. The summed E-state index contributed by atoms with van der Waals surface area (Å²) in [5, 5.41) is 19.8. The van der Waals surface area contributed by atoms with Crippen molar-refractivity contribution in [3.05, 3.63) is 32.3 Å². The number of benzene rings is 1. The van der Waals surface area contributed by atoms with Gasteiger partial charge in [0.1, 0.15) is 5.69 Å². The summed E-state index contributed by atoms with van der Waals surface area (Å²) in [5.74, 6) is -0.906. The van der Waals surface area contributed by atoms with Crippen LogP contribution in [0.3, 0.4) is 0 Å². The summed E-state index contributed by atoms with van der Waals surface area (Å²) in [6, 6.07) is 2.59. The molecular weight excluding hydrogens is 295 g/mol. The van der Waals surface area contributed by atoms with Crippen molar-refractivity contribution in [3.63, 3.8) is 0 Å². The van der Waals surface area contributed by atoms with E-state index >= 15 is 0 Å². The molecule has 0 amide bonds. The summed E-state index contributed by atoms with van der Waals surface area (Å²) < 4.78 is 0. The van der Waals surface area contributed by atoms with Crippen LogP contribution < -0.4 is 4.90 Å². The monoisotopic (exact) mass is 306 g/mol. The molecule has 0 aliphatic carbocycles. The van der Waals surface area contributed by atoms with Crippen molar-refractivity contribution in [1.82, 2.24) is 0 Å². The van der Waals surface area contributed by atoms with Gasteiger partial charge in [0.25, 0.3) is 5.69 Å². The minimum atomic E-state index is -0.906. The van der Waals surface area contributed by atoms with E-state index < -0.39 is 10.9 Å². The van der Waals surface area contributed by atoms with Gasteiger partial charge in [-0.25, -0.2) is 0 Å². The van der Waals surface area contributed by atoms with Gasteiger partial charge < -0.3 is 10.0 Å². The number of carboxylic acid groups (broad SMARTS) is 1. The fraction of sp³-hybridized carbons (Fsp3) is 0.364. The van der Waals surface area contributed by atoms with Crippen LogP contribution in [-0.2, 0) is 4.79 Å². The van der Waals surface area contributed by atoms with E-state index in [0.29, 0.717) is 18.7 Å². The Morgan fingerprint density at radius 2 is 2.00 bits per heavy atom. The number of halogens is 2. The summed E-state index contributed by atoms with van der Waals surface area (Å²) >= 11 is 11.6. The van der Waals surface area contributed by atoms with Gasteiger partial charge in [-0.05, 0) is 12.5 Å². The Balaban J connectivity index is 2.94. The van der Waals surface area contributed by atoms with Gasteiger partial charge in [0.05, 0.1) is 15.0 Å². The van der Waals surface area contributed by atoms with E-state index in [0.717, 1.165) is 0 Å². The highest BCUT2D eigenvalue weighted by Crippen LogP contribution is 2.35. The van der Waals surface area contributed by atoms with Crippen LogP contribution >= 0.6 is 23.2 Å². The number of carboxylic acids is 1. The highest BCUT2D eigenvalue weighted by molar-refractivity contribution is 6.42. The van der Waals surface area contributed by atoms with Gasteiger partial charge in [0.2, 0.25) is 0 Å². The standard InChI is InChI=1S/C11H12Cl2N2O4/c1-14(4-2-3-11(16)17)9-5-7(12)8(13)6-10(9)15(18)19/h5-6H,2-4H2,1H3,(H,16,17). The normalized spacial score (nSPS) is 10.3. The molecule has 0 saturated heterocycles. The Labute approximate surface area is 119 Å². The van der Waals surface area contributed by atoms with Crippen LogP contribution in [0.15, 0.2) is 12.1 Å². The average Bonchev–Trinajstić information content (AvgIpc) is 2.31. The lowest BCUT2D eigenvalue weighted by atomic mass is 10.2. The van der Waals surface area contributed by atoms with Crippen LogP contribution in [0.25, 0.3) is 0 Å². The predicted molar refractivity (Wildman–Crippen MR) is 73.3 cm³/mol. The van der Waals surface area contributed by atoms with Gasteiger partial charge in [-0.2, -0.15) is 0 Å². The molecule has 1 rings (SSSR count). The number of nitrogens with zero attached hydrogens (tertiary/aromatic N) is 2. The quantitative estimate of drug-likeness (QED) is 0.644. The molecule has 0 radical (unpaired) electrons. The van der Waals surface area contributed by atoms with E-state index in [1.807, 2.05) is 0 Å². The summed E-state index contributed by atoms with van der Waals surface area (Å²) in [6.45, 7) is 0.366. The van der Waals surface area contributed by atoms with E-state index in [1.54, 1.807) is 11.9 Å². The molecule has 0 aliphatic heterocycles. The summed E-state index contributed by atoms with van der Waals surface area (Å²) in [4.78, 5) is 22.4. The molecule has 6 nitrogen and oxygen atoms in total. The topological polar surface area (TPSA) is 83.7 Å². The lowest BCUT2D eigenvalue weighted by Gasteiger charge is -2.19. The van der Waals surface area contributed by atoms with Gasteiger partial charge in [-0.1, -0.05) is 23.2 Å². The van der Waals surface area contributed by atoms with E-state index in [-0.39, 0.29) is 22.2 Å². The maximum absolute atomic E-state index is 11.0. The first kappa shape index (κ1) is 15.5. The molecule has 0 saturated carbocycles. The second kappa shape index (κ2) is 6.58. The fourth-order valence-electron chi connectivity index (χ4n) is 1.57. The first-order valence-corrected chi connectivity index (χ1v) is 6.15. The van der Waals surface area contributed by atoms with Crippen LogP contribution in [0, 0.1) is 10.1 Å². The van der Waals surface area contributed by atoms with Crippen LogP contribution in [0.2, 0.25) is 10.0 Å². The van der Waals surface area contributed by atoms with Gasteiger partial charge >= 0.3 is 5.97 Å². The third kappa shape index (κ3) is 4.25. The average molecular weight is 307 g/mol. The molecule has 0 bridgehead atoms. The minimum Gasteiger partial charge on any atom is -0.481 e. The molecule has 1 aromatic rings. The molecule has 0 fully saturated rings. The highest BCUT2D eigenvalue weighted by Gasteiger charge is 2.20. The van der Waals surface area contributed by atoms with E-state index in [4.69, 9.17) is 28.3 Å². The van der Waals surface area contributed by atoms with Gasteiger partial charge in [-0.3, -0.25) is 14.9 Å². The maximum Gasteiger partial charge on any atom is 0.303 e. The summed E-state index contributed by atoms with van der Waals surface area (Å²) in [7, 11) is 1.63. The first-order chi connectivity index (χ1) is 8.82. The molecule has 0 atom stereocenters. The molecule has 8 heteroatoms. The van der Waals surface area contributed by atoms with Crippen molar-refractivity contribution in [3.8, 4) is 0 Å². The van der Waals surface area contributed by atoms with Crippen LogP contribution in [0.5, 0.6) is 0 Å². The lowest BCUT2D eigenvalue weighted by molar-refractivity contribution is -0.384. The Hall–Kier alpha value is -1.53. The molecule has 104 valence electrons. The second-order valence-electron chi connectivity index (χ2n) is 3.93. The van der Waals surface area contributed by atoms with Crippen LogP contribution in [0.1, 0.15) is 12.8 Å². The van der Waals surface area contributed by atoms with Crippen LogP contribution in [-0.4, -0.2) is 29.6 Å². The molecule has 0 unspecified atom stereocenters. The van der Waals surface area contributed by atoms with Crippen molar-refractivity contribution in [1.29, 1.82) is 0 Å². The SMILES string of the molecule is CN(CCCC(=O)O)c1cc(Cl)c(Cl)cc1[N+](=O)[O-]. The van der Waals surface area contributed by atoms with E-state index in [1.165, 1.54) is 12.1 Å². The Bertz CT molecular complexity index is 508. The second-order valence-corrected chi connectivity index (χ2v) is 4.75. The first-order valence-electron chi connectivity index (χ1n) is 5.39. The Morgan fingerprint density at radius 3 is 2.53 bits per heavy atom. The number of aliphatic carboxylic acids is 1. The third-order valence-electron chi connectivity index (χ3n) is 2.51. The molecular formula is C11H12Cl2N2O4. The zero-order chi connectivity index (χ0) is 14.6. The predicted octanol–water partition coefficient (Wildman–Crippen LogP) is 3.20. The number of carbonyl (C=O) groups is 1. The van der Waals surface area contributed by atoms with Gasteiger partial charge in [0, 0.05) is 26.1 Å². The molecule has 1 aromatic carbocycles. The minimum absolute atomic E-state index is 0.000536. The number of nitro benzene ring substituents is 1. The zero-order valence-corrected chi connectivity index (χ0v) is 11.6. The summed E-state index contributed by atoms with van der Waals surface area (Å²) in [6.07, 6.45) is 0.378. The summed E-state index contributed by atoms with van der Waals surface area (Å²) in [5.41, 5.74) is 0.150. The molecule has 0 heterocycles. The van der Waals surface area contributed by atoms with Crippen molar-refractivity contribution < 1.29 is 14.8 Å². The fourth-order valence-corrected chi connectivity index (χ4v) is 1.88. The van der Waals surface area contributed by atoms with Crippen molar-refractivity contribution in [2.75, 3.05) is 18.5 Å². The Morgan fingerprint density at radius 1 is 1.42 bits per heavy atom. The largest absolute Gasteiger partial charge is 0.481 e. The van der Waals surface area contributed by atoms with Gasteiger partial charge in [0.15, 0.2) is 0 Å². The number of anilines is 1. The van der Waals surface area contributed by atoms with Crippen LogP contribution in [0.4, 0.5) is 11.4 Å². The third-order valence-corrected chi connectivity index (χ3v) is 3.23. The molecule has 1 N–H and O–H groups in total. The molecule has 0 aliphatic rings. The smallest absolute Gasteiger partial charge is 0.303 e. The lowest BCUT2D eigenvalue weighted by Crippen LogP contribution is -2.20. The number of hydrogen-bond acceptors (Lipinski definition) is 4. The number of rotatable bonds is 6. The number of nitro groups is 1. The molecule has 0 spiro atoms. The van der Waals surface area contributed by atoms with Gasteiger partial charge in [-0.15, -0.1) is 0 Å². The number of hydrogen-bond donors (Lipinski definition) is 1. The zero-order valence-electron chi connectivity index (χ0n) is 10.1. The Kier molecular flexibility index (Phi) is 5.38. The van der Waals surface area contributed by atoms with Crippen molar-refractivity contribution >= 4 is 40.5 Å².